The van der Waals surface area contributed by atoms with E-state index in [4.69, 9.17) is 20.8 Å². The second kappa shape index (κ2) is 9.40. The predicted molar refractivity (Wildman–Crippen MR) is 106 cm³/mol. The highest BCUT2D eigenvalue weighted by molar-refractivity contribution is 6.30. The lowest BCUT2D eigenvalue weighted by atomic mass is 10.2. The van der Waals surface area contributed by atoms with E-state index in [-0.39, 0.29) is 25.4 Å². The van der Waals surface area contributed by atoms with Crippen molar-refractivity contribution in [2.75, 3.05) is 33.9 Å². The van der Waals surface area contributed by atoms with Crippen molar-refractivity contribution in [3.63, 3.8) is 0 Å². The minimum absolute atomic E-state index is 0.159. The highest BCUT2D eigenvalue weighted by atomic mass is 35.5. The first-order chi connectivity index (χ1) is 14.0. The van der Waals surface area contributed by atoms with Crippen LogP contribution in [0.5, 0.6) is 0 Å². The third-order valence-electron chi connectivity index (χ3n) is 4.17. The van der Waals surface area contributed by atoms with E-state index in [0.29, 0.717) is 22.2 Å². The number of carbonyl (C=O) groups is 2. The molecule has 9 heteroatoms. The Kier molecular flexibility index (Phi) is 6.69. The van der Waals surface area contributed by atoms with Crippen LogP contribution < -0.4 is 0 Å². The van der Waals surface area contributed by atoms with Crippen LogP contribution in [0.1, 0.15) is 10.5 Å². The largest absolute Gasteiger partial charge is 0.468 e. The molecule has 0 aliphatic rings. The SMILES string of the molecule is COCCN(CC(=O)OC)C(=O)c1cc(-c2ccco2)n(-c2ccc(Cl)cc2)n1. The Bertz CT molecular complexity index is 967. The first kappa shape index (κ1) is 20.6. The summed E-state index contributed by atoms with van der Waals surface area (Å²) in [4.78, 5) is 26.1. The molecule has 8 nitrogen and oxygen atoms in total. The Morgan fingerprint density at radius 2 is 1.97 bits per heavy atom. The smallest absolute Gasteiger partial charge is 0.325 e. The lowest BCUT2D eigenvalue weighted by Crippen LogP contribution is -2.38. The number of halogens is 1. The summed E-state index contributed by atoms with van der Waals surface area (Å²) in [6, 6.07) is 12.2. The summed E-state index contributed by atoms with van der Waals surface area (Å²) >= 11 is 5.98. The van der Waals surface area contributed by atoms with Gasteiger partial charge in [-0.25, -0.2) is 4.68 Å². The maximum absolute atomic E-state index is 13.1. The molecule has 0 fully saturated rings. The van der Waals surface area contributed by atoms with Crippen molar-refractivity contribution in [1.29, 1.82) is 0 Å². The third-order valence-corrected chi connectivity index (χ3v) is 4.43. The summed E-state index contributed by atoms with van der Waals surface area (Å²) in [5.74, 6) is -0.409. The number of aromatic nitrogens is 2. The number of amides is 1. The number of carbonyl (C=O) groups excluding carboxylic acids is 2. The van der Waals surface area contributed by atoms with Crippen molar-refractivity contribution in [2.24, 2.45) is 0 Å². The average Bonchev–Trinajstić information content (AvgIpc) is 3.40. The van der Waals surface area contributed by atoms with Crippen LogP contribution in [0.2, 0.25) is 5.02 Å². The Morgan fingerprint density at radius 1 is 1.21 bits per heavy atom. The molecule has 0 aliphatic carbocycles. The van der Waals surface area contributed by atoms with Gasteiger partial charge in [-0.1, -0.05) is 11.6 Å². The molecule has 0 N–H and O–H groups in total. The fraction of sp³-hybridized carbons (Fsp3) is 0.250. The number of benzene rings is 1. The van der Waals surface area contributed by atoms with E-state index < -0.39 is 11.9 Å². The van der Waals surface area contributed by atoms with Gasteiger partial charge in [0.1, 0.15) is 12.2 Å². The van der Waals surface area contributed by atoms with Gasteiger partial charge in [0.25, 0.3) is 5.91 Å². The highest BCUT2D eigenvalue weighted by Gasteiger charge is 2.24. The Labute approximate surface area is 172 Å². The summed E-state index contributed by atoms with van der Waals surface area (Å²) in [6.45, 7) is 0.280. The molecule has 3 aromatic rings. The maximum Gasteiger partial charge on any atom is 0.325 e. The summed E-state index contributed by atoms with van der Waals surface area (Å²) in [6.07, 6.45) is 1.54. The standard InChI is InChI=1S/C20H20ClN3O5/c1-27-11-9-23(13-19(25)28-2)20(26)16-12-17(18-4-3-10-29-18)24(22-16)15-7-5-14(21)6-8-15/h3-8,10,12H,9,11,13H2,1-2H3. The molecule has 0 saturated heterocycles. The summed E-state index contributed by atoms with van der Waals surface area (Å²) in [5, 5.41) is 5.04. The molecule has 2 aromatic heterocycles. The highest BCUT2D eigenvalue weighted by Crippen LogP contribution is 2.26. The van der Waals surface area contributed by atoms with E-state index in [9.17, 15) is 9.59 Å². The first-order valence-electron chi connectivity index (χ1n) is 8.78. The van der Waals surface area contributed by atoms with Crippen molar-refractivity contribution < 1.29 is 23.5 Å². The Hall–Kier alpha value is -3.10. The van der Waals surface area contributed by atoms with Gasteiger partial charge in [-0.3, -0.25) is 9.59 Å². The lowest BCUT2D eigenvalue weighted by Gasteiger charge is -2.19. The molecular formula is C20H20ClN3O5. The molecule has 1 amide bonds. The van der Waals surface area contributed by atoms with E-state index in [2.05, 4.69) is 9.84 Å². The zero-order chi connectivity index (χ0) is 20.8. The molecule has 29 heavy (non-hydrogen) atoms. The molecule has 0 unspecified atom stereocenters. The van der Waals surface area contributed by atoms with Crippen molar-refractivity contribution in [1.82, 2.24) is 14.7 Å². The molecule has 0 radical (unpaired) electrons. The topological polar surface area (TPSA) is 86.8 Å². The van der Waals surface area contributed by atoms with Gasteiger partial charge in [0.2, 0.25) is 0 Å². The molecule has 0 atom stereocenters. The van der Waals surface area contributed by atoms with Crippen molar-refractivity contribution in [3.05, 3.63) is 59.4 Å². The van der Waals surface area contributed by atoms with Crippen molar-refractivity contribution in [3.8, 4) is 17.1 Å². The van der Waals surface area contributed by atoms with Gasteiger partial charge < -0.3 is 18.8 Å². The molecule has 152 valence electrons. The molecule has 0 saturated carbocycles. The average molecular weight is 418 g/mol. The number of ether oxygens (including phenoxy) is 2. The minimum atomic E-state index is -0.530. The van der Waals surface area contributed by atoms with Crippen molar-refractivity contribution in [2.45, 2.75) is 0 Å². The maximum atomic E-state index is 13.1. The molecule has 0 aliphatic heterocycles. The van der Waals surface area contributed by atoms with E-state index >= 15 is 0 Å². The van der Waals surface area contributed by atoms with Crippen LogP contribution in [-0.2, 0) is 14.3 Å². The van der Waals surface area contributed by atoms with Gasteiger partial charge in [-0.2, -0.15) is 5.10 Å². The summed E-state index contributed by atoms with van der Waals surface area (Å²) in [5.41, 5.74) is 1.45. The molecule has 3 rings (SSSR count). The van der Waals surface area contributed by atoms with Crippen LogP contribution >= 0.6 is 11.6 Å². The second-order valence-electron chi connectivity index (χ2n) is 6.08. The third kappa shape index (κ3) is 4.85. The molecule has 0 spiro atoms. The van der Waals surface area contributed by atoms with Crippen LogP contribution in [0.25, 0.3) is 17.1 Å². The van der Waals surface area contributed by atoms with Gasteiger partial charge in [0.15, 0.2) is 11.5 Å². The fourth-order valence-corrected chi connectivity index (χ4v) is 2.83. The fourth-order valence-electron chi connectivity index (χ4n) is 2.70. The zero-order valence-corrected chi connectivity index (χ0v) is 16.8. The van der Waals surface area contributed by atoms with Gasteiger partial charge in [-0.05, 0) is 36.4 Å². The normalized spacial score (nSPS) is 10.7. The van der Waals surface area contributed by atoms with Crippen LogP contribution in [0.3, 0.4) is 0 Å². The molecule has 0 bridgehead atoms. The van der Waals surface area contributed by atoms with Crippen LogP contribution in [-0.4, -0.2) is 60.5 Å². The number of nitrogens with zero attached hydrogens (tertiary/aromatic N) is 3. The van der Waals surface area contributed by atoms with E-state index in [1.54, 1.807) is 47.1 Å². The summed E-state index contributed by atoms with van der Waals surface area (Å²) in [7, 11) is 2.79. The van der Waals surface area contributed by atoms with Crippen LogP contribution in [0.4, 0.5) is 0 Å². The lowest BCUT2D eigenvalue weighted by molar-refractivity contribution is -0.141. The second-order valence-corrected chi connectivity index (χ2v) is 6.51. The van der Waals surface area contributed by atoms with Gasteiger partial charge in [-0.15, -0.1) is 0 Å². The number of esters is 1. The number of hydrogen-bond acceptors (Lipinski definition) is 6. The number of hydrogen-bond donors (Lipinski definition) is 0. The zero-order valence-electron chi connectivity index (χ0n) is 16.0. The van der Waals surface area contributed by atoms with E-state index in [0.717, 1.165) is 0 Å². The van der Waals surface area contributed by atoms with Crippen molar-refractivity contribution >= 4 is 23.5 Å². The van der Waals surface area contributed by atoms with E-state index in [1.165, 1.54) is 25.4 Å². The van der Waals surface area contributed by atoms with Gasteiger partial charge in [0, 0.05) is 24.7 Å². The molecule has 2 heterocycles. The van der Waals surface area contributed by atoms with Crippen LogP contribution in [0.15, 0.2) is 53.1 Å². The summed E-state index contributed by atoms with van der Waals surface area (Å²) < 4.78 is 16.8. The Morgan fingerprint density at radius 3 is 2.59 bits per heavy atom. The minimum Gasteiger partial charge on any atom is -0.468 e. The number of furan rings is 1. The first-order valence-corrected chi connectivity index (χ1v) is 9.16. The van der Waals surface area contributed by atoms with Gasteiger partial charge in [0.05, 0.1) is 25.7 Å². The Balaban J connectivity index is 2.00. The molecule has 1 aromatic carbocycles. The predicted octanol–water partition coefficient (Wildman–Crippen LogP) is 3.05. The van der Waals surface area contributed by atoms with Gasteiger partial charge >= 0.3 is 5.97 Å². The quantitative estimate of drug-likeness (QED) is 0.523. The van der Waals surface area contributed by atoms with Crippen LogP contribution in [0, 0.1) is 0 Å². The van der Waals surface area contributed by atoms with E-state index in [1.807, 2.05) is 0 Å². The molecular weight excluding hydrogens is 398 g/mol. The monoisotopic (exact) mass is 417 g/mol. The number of rotatable bonds is 8. The number of methoxy groups -OCH3 is 2.